The molecule has 9 heteroatoms. The van der Waals surface area contributed by atoms with Gasteiger partial charge >= 0.3 is 18.0 Å². The summed E-state index contributed by atoms with van der Waals surface area (Å²) >= 11 is 0. The molecule has 0 aromatic carbocycles. The van der Waals surface area contributed by atoms with E-state index < -0.39 is 24.1 Å². The zero-order chi connectivity index (χ0) is 11.8. The van der Waals surface area contributed by atoms with Crippen LogP contribution in [0.3, 0.4) is 0 Å². The van der Waals surface area contributed by atoms with Crippen LogP contribution in [0, 0.1) is 11.3 Å². The van der Waals surface area contributed by atoms with Gasteiger partial charge in [0.05, 0.1) is 6.07 Å². The number of rotatable bonds is 2. The summed E-state index contributed by atoms with van der Waals surface area (Å²) in [7, 11) is 0. The smallest absolute Gasteiger partial charge is 0.311 e. The van der Waals surface area contributed by atoms with Crippen molar-refractivity contribution in [2.75, 3.05) is 0 Å². The third-order valence-corrected chi connectivity index (χ3v) is 1.30. The van der Waals surface area contributed by atoms with Crippen molar-refractivity contribution in [3.8, 4) is 6.07 Å². The van der Waals surface area contributed by atoms with Gasteiger partial charge in [-0.1, -0.05) is 0 Å². The molecule has 0 aliphatic carbocycles. The number of hydrogen-bond donors (Lipinski definition) is 1. The van der Waals surface area contributed by atoms with Crippen LogP contribution in [0.5, 0.6) is 0 Å². The van der Waals surface area contributed by atoms with Crippen LogP contribution in [0.25, 0.3) is 0 Å². The Labute approximate surface area is 73.1 Å². The number of hydrogen-bond acceptors (Lipinski definition) is 2. The van der Waals surface area contributed by atoms with E-state index in [0.717, 1.165) is 0 Å². The molecular formula is C5H3F7N2. The van der Waals surface area contributed by atoms with Crippen LogP contribution in [0.2, 0.25) is 0 Å². The van der Waals surface area contributed by atoms with Crippen LogP contribution in [0.15, 0.2) is 0 Å². The first-order valence-electron chi connectivity index (χ1n) is 2.96. The maximum atomic E-state index is 12.3. The Balaban J connectivity index is 5.20. The Bertz CT molecular complexity index is 250. The van der Waals surface area contributed by atoms with Crippen LogP contribution in [0.4, 0.5) is 30.7 Å². The van der Waals surface area contributed by atoms with Gasteiger partial charge in [-0.25, -0.2) is 0 Å². The SMILES string of the molecule is N#CC(N)C(F)(F)C(F)(F)C(F)(F)F. The van der Waals surface area contributed by atoms with E-state index in [-0.39, 0.29) is 0 Å². The second-order valence-electron chi connectivity index (χ2n) is 2.30. The van der Waals surface area contributed by atoms with Crippen LogP contribution < -0.4 is 5.73 Å². The van der Waals surface area contributed by atoms with E-state index in [1.165, 1.54) is 0 Å². The lowest BCUT2D eigenvalue weighted by atomic mass is 10.0. The van der Waals surface area contributed by atoms with Gasteiger partial charge in [0.15, 0.2) is 6.04 Å². The Morgan fingerprint density at radius 1 is 1.00 bits per heavy atom. The molecule has 0 saturated heterocycles. The third kappa shape index (κ3) is 1.75. The van der Waals surface area contributed by atoms with Gasteiger partial charge in [0.1, 0.15) is 0 Å². The van der Waals surface area contributed by atoms with Gasteiger partial charge in [-0.2, -0.15) is 36.0 Å². The molecule has 82 valence electrons. The van der Waals surface area contributed by atoms with Gasteiger partial charge in [0, 0.05) is 0 Å². The van der Waals surface area contributed by atoms with Crippen LogP contribution >= 0.6 is 0 Å². The number of nitriles is 1. The quantitative estimate of drug-likeness (QED) is 0.725. The largest absolute Gasteiger partial charge is 0.459 e. The maximum absolute atomic E-state index is 12.3. The highest BCUT2D eigenvalue weighted by Crippen LogP contribution is 2.47. The molecule has 0 spiro atoms. The van der Waals surface area contributed by atoms with Crippen molar-refractivity contribution in [3.05, 3.63) is 0 Å². The van der Waals surface area contributed by atoms with E-state index in [1.807, 2.05) is 0 Å². The average molecular weight is 224 g/mol. The van der Waals surface area contributed by atoms with E-state index in [4.69, 9.17) is 5.26 Å². The molecule has 0 aliphatic rings. The summed E-state index contributed by atoms with van der Waals surface area (Å²) in [5.74, 6) is -12.0. The van der Waals surface area contributed by atoms with Crippen molar-refractivity contribution in [3.63, 3.8) is 0 Å². The Morgan fingerprint density at radius 2 is 1.36 bits per heavy atom. The van der Waals surface area contributed by atoms with Crippen molar-refractivity contribution in [1.29, 1.82) is 5.26 Å². The molecule has 14 heavy (non-hydrogen) atoms. The first kappa shape index (κ1) is 13.0. The van der Waals surface area contributed by atoms with Gasteiger partial charge in [-0.3, -0.25) is 0 Å². The molecule has 0 aromatic heterocycles. The van der Waals surface area contributed by atoms with Crippen molar-refractivity contribution < 1.29 is 30.7 Å². The summed E-state index contributed by atoms with van der Waals surface area (Å²) in [6.07, 6.45) is -6.45. The molecule has 2 N–H and O–H groups in total. The molecule has 0 rings (SSSR count). The van der Waals surface area contributed by atoms with Crippen molar-refractivity contribution in [2.45, 2.75) is 24.1 Å². The fraction of sp³-hybridized carbons (Fsp3) is 0.800. The average Bonchev–Trinajstić information content (AvgIpc) is 2.00. The summed E-state index contributed by atoms with van der Waals surface area (Å²) in [5.41, 5.74) is 4.14. The van der Waals surface area contributed by atoms with Crippen molar-refractivity contribution in [2.24, 2.45) is 5.73 Å². The minimum Gasteiger partial charge on any atom is -0.311 e. The maximum Gasteiger partial charge on any atom is 0.459 e. The third-order valence-electron chi connectivity index (χ3n) is 1.30. The van der Waals surface area contributed by atoms with Gasteiger partial charge in [-0.15, -0.1) is 0 Å². The van der Waals surface area contributed by atoms with Crippen LogP contribution in [-0.2, 0) is 0 Å². The number of nitrogens with two attached hydrogens (primary N) is 1. The minimum atomic E-state index is -6.45. The first-order chi connectivity index (χ1) is 5.98. The van der Waals surface area contributed by atoms with Gasteiger partial charge in [0.2, 0.25) is 0 Å². The lowest BCUT2D eigenvalue weighted by Crippen LogP contribution is -2.59. The summed E-state index contributed by atoms with van der Waals surface area (Å²) in [6.45, 7) is 0. The molecule has 0 saturated carbocycles. The summed E-state index contributed by atoms with van der Waals surface area (Å²) in [6, 6.07) is -2.79. The van der Waals surface area contributed by atoms with E-state index >= 15 is 0 Å². The Hall–Kier alpha value is -1.04. The normalized spacial score (nSPS) is 16.2. The predicted molar refractivity (Wildman–Crippen MR) is 29.5 cm³/mol. The topological polar surface area (TPSA) is 49.8 Å². The van der Waals surface area contributed by atoms with Crippen molar-refractivity contribution >= 4 is 0 Å². The fourth-order valence-corrected chi connectivity index (χ4v) is 0.465. The first-order valence-corrected chi connectivity index (χ1v) is 2.96. The molecule has 1 atom stereocenters. The molecule has 0 radical (unpaired) electrons. The Morgan fingerprint density at radius 3 is 1.57 bits per heavy atom. The molecule has 0 fully saturated rings. The molecular weight excluding hydrogens is 221 g/mol. The predicted octanol–water partition coefficient (Wildman–Crippen LogP) is 1.67. The fourth-order valence-electron chi connectivity index (χ4n) is 0.465. The zero-order valence-corrected chi connectivity index (χ0v) is 6.25. The molecule has 0 amide bonds. The number of nitrogens with zero attached hydrogens (tertiary/aromatic N) is 1. The molecule has 2 nitrogen and oxygen atoms in total. The van der Waals surface area contributed by atoms with E-state index in [1.54, 1.807) is 0 Å². The highest BCUT2D eigenvalue weighted by molar-refractivity contribution is 5.06. The van der Waals surface area contributed by atoms with Crippen LogP contribution in [0.1, 0.15) is 0 Å². The van der Waals surface area contributed by atoms with Gasteiger partial charge in [0.25, 0.3) is 0 Å². The number of halogens is 7. The number of alkyl halides is 7. The van der Waals surface area contributed by atoms with E-state index in [0.29, 0.717) is 6.07 Å². The lowest BCUT2D eigenvalue weighted by Gasteiger charge is -2.29. The Kier molecular flexibility index (Phi) is 3.03. The zero-order valence-electron chi connectivity index (χ0n) is 6.25. The summed E-state index contributed by atoms with van der Waals surface area (Å²) in [4.78, 5) is 0. The second kappa shape index (κ2) is 3.27. The highest BCUT2D eigenvalue weighted by atomic mass is 19.4. The molecule has 0 heterocycles. The van der Waals surface area contributed by atoms with Gasteiger partial charge in [-0.05, 0) is 0 Å². The molecule has 0 bridgehead atoms. The van der Waals surface area contributed by atoms with E-state index in [9.17, 15) is 30.7 Å². The minimum absolute atomic E-state index is 0.431. The van der Waals surface area contributed by atoms with Gasteiger partial charge < -0.3 is 5.73 Å². The standard InChI is InChI=1S/C5H3F7N2/c6-3(7,2(14)1-13)4(8,9)5(10,11)12/h2H,14H2. The molecule has 0 aliphatic heterocycles. The van der Waals surface area contributed by atoms with Crippen molar-refractivity contribution in [1.82, 2.24) is 0 Å². The summed E-state index contributed by atoms with van der Waals surface area (Å²) in [5, 5.41) is 7.74. The molecule has 1 unspecified atom stereocenters. The monoisotopic (exact) mass is 224 g/mol. The van der Waals surface area contributed by atoms with E-state index in [2.05, 4.69) is 5.73 Å². The second-order valence-corrected chi connectivity index (χ2v) is 2.30. The highest BCUT2D eigenvalue weighted by Gasteiger charge is 2.75. The summed E-state index contributed by atoms with van der Waals surface area (Å²) < 4.78 is 82.9. The molecule has 0 aromatic rings. The lowest BCUT2D eigenvalue weighted by molar-refractivity contribution is -0.355. The van der Waals surface area contributed by atoms with Crippen LogP contribution in [-0.4, -0.2) is 24.1 Å².